The van der Waals surface area contributed by atoms with Crippen LogP contribution in [0.2, 0.25) is 0 Å². The molecule has 0 N–H and O–H groups in total. The zero-order valence-corrected chi connectivity index (χ0v) is 13.1. The monoisotopic (exact) mass is 320 g/mol. The fraction of sp³-hybridized carbons (Fsp3) is 0.188. The van der Waals surface area contributed by atoms with Crippen molar-refractivity contribution in [2.45, 2.75) is 4.90 Å². The maximum Gasteiger partial charge on any atom is 0.185 e. The average Bonchev–Trinajstić information content (AvgIpc) is 2.54. The van der Waals surface area contributed by atoms with Crippen molar-refractivity contribution in [2.75, 3.05) is 20.0 Å². The highest BCUT2D eigenvalue weighted by atomic mass is 32.2. The molecule has 6 heteroatoms. The van der Waals surface area contributed by atoms with E-state index in [9.17, 15) is 13.2 Å². The molecule has 2 rings (SSSR count). The molecule has 22 heavy (non-hydrogen) atoms. The Morgan fingerprint density at radius 1 is 1.00 bits per heavy atom. The minimum Gasteiger partial charge on any atom is -0.497 e. The summed E-state index contributed by atoms with van der Waals surface area (Å²) in [6.07, 6.45) is 0. The van der Waals surface area contributed by atoms with E-state index in [1.807, 2.05) is 0 Å². The van der Waals surface area contributed by atoms with Gasteiger partial charge in [-0.05, 0) is 30.3 Å². The van der Waals surface area contributed by atoms with Gasteiger partial charge in [-0.15, -0.1) is 0 Å². The Hall–Kier alpha value is -2.34. The Bertz CT molecular complexity index is 766. The Kier molecular flexibility index (Phi) is 4.82. The second kappa shape index (κ2) is 6.62. The van der Waals surface area contributed by atoms with E-state index in [1.165, 1.54) is 32.4 Å². The third-order valence-electron chi connectivity index (χ3n) is 3.13. The van der Waals surface area contributed by atoms with E-state index in [2.05, 4.69) is 0 Å². The third-order valence-corrected chi connectivity index (χ3v) is 4.76. The Morgan fingerprint density at radius 3 is 2.27 bits per heavy atom. The summed E-state index contributed by atoms with van der Waals surface area (Å²) in [5, 5.41) is 0. The van der Waals surface area contributed by atoms with Crippen molar-refractivity contribution in [3.63, 3.8) is 0 Å². The zero-order valence-electron chi connectivity index (χ0n) is 12.3. The molecule has 0 spiro atoms. The van der Waals surface area contributed by atoms with E-state index in [1.54, 1.807) is 30.3 Å². The molecule has 2 aromatic rings. The standard InChI is InChI=1S/C16H16O5S/c1-20-12-8-9-16(21-2)14(10-12)15(17)11-22(18,19)13-6-4-3-5-7-13/h3-10H,11H2,1-2H3. The first-order valence-corrected chi connectivity index (χ1v) is 8.16. The number of Topliss-reactive ketones (excluding diaryl/α,β-unsaturated/α-hetero) is 1. The fourth-order valence-electron chi connectivity index (χ4n) is 1.99. The van der Waals surface area contributed by atoms with Gasteiger partial charge in [0.25, 0.3) is 0 Å². The molecule has 0 aliphatic heterocycles. The number of hydrogen-bond acceptors (Lipinski definition) is 5. The number of ether oxygens (including phenoxy) is 2. The van der Waals surface area contributed by atoms with Crippen LogP contribution < -0.4 is 9.47 Å². The molecule has 0 amide bonds. The van der Waals surface area contributed by atoms with Gasteiger partial charge >= 0.3 is 0 Å². The number of rotatable bonds is 6. The molecule has 0 fully saturated rings. The first kappa shape index (κ1) is 16.0. The highest BCUT2D eigenvalue weighted by molar-refractivity contribution is 7.92. The smallest absolute Gasteiger partial charge is 0.185 e. The van der Waals surface area contributed by atoms with Crippen molar-refractivity contribution in [2.24, 2.45) is 0 Å². The van der Waals surface area contributed by atoms with Crippen molar-refractivity contribution in [1.82, 2.24) is 0 Å². The van der Waals surface area contributed by atoms with E-state index in [0.717, 1.165) is 0 Å². The molecule has 0 aliphatic carbocycles. The summed E-state index contributed by atoms with van der Waals surface area (Å²) in [5.74, 6) is -0.393. The molecule has 0 saturated heterocycles. The summed E-state index contributed by atoms with van der Waals surface area (Å²) >= 11 is 0. The Labute approximate surface area is 129 Å². The summed E-state index contributed by atoms with van der Waals surface area (Å²) in [4.78, 5) is 12.5. The quantitative estimate of drug-likeness (QED) is 0.764. The minimum atomic E-state index is -3.70. The second-order valence-corrected chi connectivity index (χ2v) is 6.55. The SMILES string of the molecule is COc1ccc(OC)c(C(=O)CS(=O)(=O)c2ccccc2)c1. The zero-order chi connectivity index (χ0) is 16.2. The topological polar surface area (TPSA) is 69.7 Å². The van der Waals surface area contributed by atoms with Gasteiger partial charge in [-0.25, -0.2) is 8.42 Å². The molecular weight excluding hydrogens is 304 g/mol. The maximum absolute atomic E-state index is 12.4. The van der Waals surface area contributed by atoms with E-state index < -0.39 is 21.4 Å². The lowest BCUT2D eigenvalue weighted by Crippen LogP contribution is -2.17. The molecule has 0 radical (unpaired) electrons. The molecule has 0 atom stereocenters. The van der Waals surface area contributed by atoms with Gasteiger partial charge in [-0.1, -0.05) is 18.2 Å². The molecule has 116 valence electrons. The lowest BCUT2D eigenvalue weighted by Gasteiger charge is -2.10. The van der Waals surface area contributed by atoms with Gasteiger partial charge < -0.3 is 9.47 Å². The van der Waals surface area contributed by atoms with E-state index in [0.29, 0.717) is 11.5 Å². The molecule has 0 saturated carbocycles. The lowest BCUT2D eigenvalue weighted by atomic mass is 10.1. The van der Waals surface area contributed by atoms with Gasteiger partial charge in [0.05, 0.1) is 24.7 Å². The normalized spacial score (nSPS) is 11.0. The van der Waals surface area contributed by atoms with Crippen LogP contribution >= 0.6 is 0 Å². The Morgan fingerprint density at radius 2 is 1.68 bits per heavy atom. The predicted octanol–water partition coefficient (Wildman–Crippen LogP) is 2.36. The number of carbonyl (C=O) groups excluding carboxylic acids is 1. The molecule has 0 aromatic heterocycles. The third kappa shape index (κ3) is 3.46. The van der Waals surface area contributed by atoms with Crippen LogP contribution in [0.15, 0.2) is 53.4 Å². The van der Waals surface area contributed by atoms with Crippen LogP contribution in [0.4, 0.5) is 0 Å². The number of benzene rings is 2. The van der Waals surface area contributed by atoms with Crippen molar-refractivity contribution < 1.29 is 22.7 Å². The molecule has 0 heterocycles. The van der Waals surface area contributed by atoms with Crippen molar-refractivity contribution in [3.8, 4) is 11.5 Å². The van der Waals surface area contributed by atoms with Gasteiger partial charge in [0.2, 0.25) is 0 Å². The molecule has 2 aromatic carbocycles. The number of hydrogen-bond donors (Lipinski definition) is 0. The van der Waals surface area contributed by atoms with Crippen LogP contribution in [0.5, 0.6) is 11.5 Å². The first-order chi connectivity index (χ1) is 10.5. The van der Waals surface area contributed by atoms with Crippen LogP contribution in [0.3, 0.4) is 0 Å². The summed E-state index contributed by atoms with van der Waals surface area (Å²) in [6, 6.07) is 12.6. The summed E-state index contributed by atoms with van der Waals surface area (Å²) in [5.41, 5.74) is 0.182. The van der Waals surface area contributed by atoms with Crippen LogP contribution in [-0.4, -0.2) is 34.2 Å². The summed E-state index contributed by atoms with van der Waals surface area (Å²) in [7, 11) is -0.808. The summed E-state index contributed by atoms with van der Waals surface area (Å²) in [6.45, 7) is 0. The van der Waals surface area contributed by atoms with Crippen molar-refractivity contribution >= 4 is 15.6 Å². The van der Waals surface area contributed by atoms with Crippen LogP contribution in [0.25, 0.3) is 0 Å². The van der Waals surface area contributed by atoms with Gasteiger partial charge in [-0.3, -0.25) is 4.79 Å². The van der Waals surface area contributed by atoms with Crippen LogP contribution in [0, 0.1) is 0 Å². The van der Waals surface area contributed by atoms with Gasteiger partial charge in [-0.2, -0.15) is 0 Å². The largest absolute Gasteiger partial charge is 0.497 e. The average molecular weight is 320 g/mol. The molecule has 0 aliphatic rings. The van der Waals surface area contributed by atoms with Crippen LogP contribution in [0.1, 0.15) is 10.4 Å². The number of sulfone groups is 1. The Balaban J connectivity index is 2.33. The lowest BCUT2D eigenvalue weighted by molar-refractivity contribution is 0.101. The van der Waals surface area contributed by atoms with E-state index in [-0.39, 0.29) is 10.5 Å². The van der Waals surface area contributed by atoms with Gasteiger partial charge in [0, 0.05) is 0 Å². The molecule has 5 nitrogen and oxygen atoms in total. The fourth-order valence-corrected chi connectivity index (χ4v) is 3.23. The number of carbonyl (C=O) groups is 1. The van der Waals surface area contributed by atoms with Crippen LogP contribution in [-0.2, 0) is 9.84 Å². The minimum absolute atomic E-state index is 0.116. The van der Waals surface area contributed by atoms with Gasteiger partial charge in [0.1, 0.15) is 17.3 Å². The van der Waals surface area contributed by atoms with E-state index in [4.69, 9.17) is 9.47 Å². The molecular formula is C16H16O5S. The number of methoxy groups -OCH3 is 2. The highest BCUT2D eigenvalue weighted by Crippen LogP contribution is 2.25. The number of ketones is 1. The van der Waals surface area contributed by atoms with Crippen molar-refractivity contribution in [3.05, 3.63) is 54.1 Å². The first-order valence-electron chi connectivity index (χ1n) is 6.51. The second-order valence-electron chi connectivity index (χ2n) is 4.56. The highest BCUT2D eigenvalue weighted by Gasteiger charge is 2.23. The van der Waals surface area contributed by atoms with Gasteiger partial charge in [0.15, 0.2) is 15.6 Å². The van der Waals surface area contributed by atoms with Crippen molar-refractivity contribution in [1.29, 1.82) is 0 Å². The summed E-state index contributed by atoms with van der Waals surface area (Å²) < 4.78 is 34.7. The predicted molar refractivity (Wildman–Crippen MR) is 82.4 cm³/mol. The molecule has 0 unspecified atom stereocenters. The van der Waals surface area contributed by atoms with E-state index >= 15 is 0 Å². The maximum atomic E-state index is 12.4. The molecule has 0 bridgehead atoms.